The van der Waals surface area contributed by atoms with E-state index in [1.54, 1.807) is 0 Å². The Balaban J connectivity index is 0. The SMILES string of the molecule is C=CCOC(=O)C(CC(=O)OCCCCCCCCCC)S(=O)(=O)[O-].[Na+]. The number of ether oxygens (including phenoxy) is 2. The van der Waals surface area contributed by atoms with Gasteiger partial charge in [-0.05, 0) is 6.42 Å². The van der Waals surface area contributed by atoms with Crippen molar-refractivity contribution in [1.82, 2.24) is 0 Å². The van der Waals surface area contributed by atoms with E-state index < -0.39 is 33.7 Å². The molecule has 1 unspecified atom stereocenters. The van der Waals surface area contributed by atoms with Crippen molar-refractivity contribution in [2.24, 2.45) is 0 Å². The van der Waals surface area contributed by atoms with Crippen LogP contribution in [-0.4, -0.2) is 43.4 Å². The van der Waals surface area contributed by atoms with Crippen molar-refractivity contribution in [2.75, 3.05) is 13.2 Å². The molecule has 0 heterocycles. The van der Waals surface area contributed by atoms with Crippen LogP contribution in [0.25, 0.3) is 0 Å². The van der Waals surface area contributed by atoms with Gasteiger partial charge < -0.3 is 14.0 Å². The summed E-state index contributed by atoms with van der Waals surface area (Å²) in [7, 11) is -5.00. The molecule has 26 heavy (non-hydrogen) atoms. The van der Waals surface area contributed by atoms with E-state index in [-0.39, 0.29) is 42.8 Å². The van der Waals surface area contributed by atoms with Gasteiger partial charge >= 0.3 is 41.5 Å². The van der Waals surface area contributed by atoms with Gasteiger partial charge in [-0.15, -0.1) is 0 Å². The predicted octanol–water partition coefficient (Wildman–Crippen LogP) is -0.293. The van der Waals surface area contributed by atoms with Crippen LogP contribution in [0.4, 0.5) is 0 Å². The summed E-state index contributed by atoms with van der Waals surface area (Å²) in [6.45, 7) is 5.37. The molecule has 0 aliphatic carbocycles. The molecule has 0 aromatic carbocycles. The first-order chi connectivity index (χ1) is 11.8. The molecule has 9 heteroatoms. The van der Waals surface area contributed by atoms with E-state index >= 15 is 0 Å². The summed E-state index contributed by atoms with van der Waals surface area (Å²) < 4.78 is 42.7. The topological polar surface area (TPSA) is 110 Å². The summed E-state index contributed by atoms with van der Waals surface area (Å²) in [5, 5.41) is -2.08. The molecule has 0 fully saturated rings. The van der Waals surface area contributed by atoms with E-state index in [0.29, 0.717) is 6.42 Å². The molecule has 0 N–H and O–H groups in total. The number of carbonyl (C=O) groups excluding carboxylic acids is 2. The van der Waals surface area contributed by atoms with Gasteiger partial charge in [0.2, 0.25) is 0 Å². The van der Waals surface area contributed by atoms with Crippen LogP contribution < -0.4 is 29.6 Å². The molecule has 0 radical (unpaired) electrons. The Kier molecular flexibility index (Phi) is 17.9. The van der Waals surface area contributed by atoms with Crippen molar-refractivity contribution in [3.8, 4) is 0 Å². The third-order valence-electron chi connectivity index (χ3n) is 3.57. The molecule has 0 spiro atoms. The van der Waals surface area contributed by atoms with E-state index in [0.717, 1.165) is 19.3 Å². The fourth-order valence-electron chi connectivity index (χ4n) is 2.17. The number of carbonyl (C=O) groups is 2. The van der Waals surface area contributed by atoms with Crippen LogP contribution in [0, 0.1) is 0 Å². The first kappa shape index (κ1) is 27.8. The molecule has 0 amide bonds. The maximum Gasteiger partial charge on any atom is 1.00 e. The van der Waals surface area contributed by atoms with Gasteiger partial charge in [0.15, 0.2) is 5.25 Å². The summed E-state index contributed by atoms with van der Waals surface area (Å²) >= 11 is 0. The van der Waals surface area contributed by atoms with Gasteiger partial charge in [-0.1, -0.05) is 64.5 Å². The number of hydrogen-bond acceptors (Lipinski definition) is 7. The Hall–Kier alpha value is -0.410. The minimum Gasteiger partial charge on any atom is -0.747 e. The Morgan fingerprint density at radius 3 is 2.08 bits per heavy atom. The van der Waals surface area contributed by atoms with E-state index in [1.165, 1.54) is 31.8 Å². The van der Waals surface area contributed by atoms with Crippen LogP contribution in [0.1, 0.15) is 64.7 Å². The molecule has 0 rings (SSSR count). The molecule has 0 aliphatic rings. The smallest absolute Gasteiger partial charge is 0.747 e. The molecule has 146 valence electrons. The second-order valence-electron chi connectivity index (χ2n) is 5.80. The molecule has 0 saturated carbocycles. The van der Waals surface area contributed by atoms with Gasteiger partial charge in [-0.3, -0.25) is 9.59 Å². The van der Waals surface area contributed by atoms with Crippen molar-refractivity contribution in [3.63, 3.8) is 0 Å². The quantitative estimate of drug-likeness (QED) is 0.122. The van der Waals surface area contributed by atoms with E-state index in [9.17, 15) is 22.6 Å². The maximum absolute atomic E-state index is 11.6. The summed E-state index contributed by atoms with van der Waals surface area (Å²) in [6, 6.07) is 0. The average molecular weight is 400 g/mol. The van der Waals surface area contributed by atoms with Crippen LogP contribution in [0.15, 0.2) is 12.7 Å². The molecular weight excluding hydrogens is 371 g/mol. The molecule has 0 saturated heterocycles. The van der Waals surface area contributed by atoms with Crippen LogP contribution in [0.2, 0.25) is 0 Å². The van der Waals surface area contributed by atoms with Gasteiger partial charge in [0.1, 0.15) is 16.7 Å². The predicted molar refractivity (Wildman–Crippen MR) is 92.8 cm³/mol. The van der Waals surface area contributed by atoms with Gasteiger partial charge in [-0.2, -0.15) is 0 Å². The largest absolute Gasteiger partial charge is 1.00 e. The van der Waals surface area contributed by atoms with Crippen LogP contribution in [-0.2, 0) is 29.2 Å². The fourth-order valence-corrected chi connectivity index (χ4v) is 2.81. The molecule has 7 nitrogen and oxygen atoms in total. The van der Waals surface area contributed by atoms with Gasteiger partial charge in [0.25, 0.3) is 0 Å². The van der Waals surface area contributed by atoms with Crippen molar-refractivity contribution in [3.05, 3.63) is 12.7 Å². The number of esters is 2. The Morgan fingerprint density at radius 1 is 1.04 bits per heavy atom. The third kappa shape index (κ3) is 14.7. The fraction of sp³-hybridized carbons (Fsp3) is 0.765. The van der Waals surface area contributed by atoms with Gasteiger partial charge in [0.05, 0.1) is 13.0 Å². The molecule has 0 aliphatic heterocycles. The van der Waals surface area contributed by atoms with Crippen molar-refractivity contribution in [2.45, 2.75) is 70.0 Å². The zero-order valence-corrected chi connectivity index (χ0v) is 18.7. The third-order valence-corrected chi connectivity index (χ3v) is 4.62. The minimum atomic E-state index is -5.00. The number of unbranched alkanes of at least 4 members (excludes halogenated alkanes) is 7. The molecule has 1 atom stereocenters. The Labute approximate surface area is 178 Å². The molecular formula is C17H29NaO7S. The van der Waals surface area contributed by atoms with Crippen molar-refractivity contribution >= 4 is 22.1 Å². The van der Waals surface area contributed by atoms with Gasteiger partial charge in [-0.25, -0.2) is 8.42 Å². The minimum absolute atomic E-state index is 0. The second kappa shape index (κ2) is 16.7. The van der Waals surface area contributed by atoms with E-state index in [2.05, 4.69) is 18.2 Å². The molecule has 0 aromatic heterocycles. The standard InChI is InChI=1S/C17H30O7S.Na/c1-3-5-6-7-8-9-10-11-13-23-16(18)14-15(25(20,21)22)17(19)24-12-4-2;/h4,15H,2-3,5-14H2,1H3,(H,20,21,22);/q;+1/p-1. The normalized spacial score (nSPS) is 11.9. The second-order valence-corrected chi connectivity index (χ2v) is 7.35. The summed E-state index contributed by atoms with van der Waals surface area (Å²) in [4.78, 5) is 23.2. The van der Waals surface area contributed by atoms with Crippen molar-refractivity contribution < 1.29 is 61.6 Å². The first-order valence-electron chi connectivity index (χ1n) is 8.70. The van der Waals surface area contributed by atoms with Gasteiger partial charge in [0, 0.05) is 0 Å². The average Bonchev–Trinajstić information content (AvgIpc) is 2.55. The summed E-state index contributed by atoms with van der Waals surface area (Å²) in [5.74, 6) is -2.16. The van der Waals surface area contributed by atoms with Crippen LogP contribution in [0.5, 0.6) is 0 Å². The maximum atomic E-state index is 11.6. The Bertz CT molecular complexity index is 505. The first-order valence-corrected chi connectivity index (χ1v) is 10.2. The summed E-state index contributed by atoms with van der Waals surface area (Å²) in [5.41, 5.74) is 0. The van der Waals surface area contributed by atoms with Crippen molar-refractivity contribution in [1.29, 1.82) is 0 Å². The number of hydrogen-bond donors (Lipinski definition) is 0. The molecule has 0 bridgehead atoms. The van der Waals surface area contributed by atoms with Crippen LogP contribution in [0.3, 0.4) is 0 Å². The number of rotatable bonds is 15. The molecule has 0 aromatic rings. The Morgan fingerprint density at radius 2 is 1.58 bits per heavy atom. The zero-order valence-electron chi connectivity index (χ0n) is 15.9. The van der Waals surface area contributed by atoms with E-state index in [1.807, 2.05) is 0 Å². The van der Waals surface area contributed by atoms with Crippen LogP contribution >= 0.6 is 0 Å². The zero-order chi connectivity index (χ0) is 19.1. The monoisotopic (exact) mass is 400 g/mol. The summed E-state index contributed by atoms with van der Waals surface area (Å²) in [6.07, 6.45) is 9.03. The van der Waals surface area contributed by atoms with E-state index in [4.69, 9.17) is 4.74 Å².